The molecule has 0 saturated heterocycles. The second-order valence-corrected chi connectivity index (χ2v) is 10.6. The van der Waals surface area contributed by atoms with Gasteiger partial charge in [0.25, 0.3) is 0 Å². The first-order valence-electron chi connectivity index (χ1n) is 15.0. The van der Waals surface area contributed by atoms with Gasteiger partial charge in [0, 0.05) is 13.1 Å². The van der Waals surface area contributed by atoms with Gasteiger partial charge in [0.2, 0.25) is 35.9 Å². The zero-order chi connectivity index (χ0) is 36.8. The van der Waals surface area contributed by atoms with Crippen LogP contribution in [0.1, 0.15) is 38.5 Å². The summed E-state index contributed by atoms with van der Waals surface area (Å²) in [6, 6.07) is -8.07. The van der Waals surface area contributed by atoms with Crippen LogP contribution in [0.4, 0.5) is 0 Å². The molecule has 22 nitrogen and oxygen atoms in total. The van der Waals surface area contributed by atoms with E-state index in [1.807, 2.05) is 10.6 Å². The van der Waals surface area contributed by atoms with Crippen LogP contribution in [-0.4, -0.2) is 160 Å². The number of hydroxylamine groups is 2. The number of aliphatic hydroxyl groups excluding tert-OH is 4. The third-order valence-corrected chi connectivity index (χ3v) is 6.74. The first-order chi connectivity index (χ1) is 22.7. The summed E-state index contributed by atoms with van der Waals surface area (Å²) < 4.78 is 0. The summed E-state index contributed by atoms with van der Waals surface area (Å²) >= 11 is 0. The highest BCUT2D eigenvalue weighted by Crippen LogP contribution is 2.05. The Morgan fingerprint density at radius 1 is 0.750 bits per heavy atom. The van der Waals surface area contributed by atoms with Crippen molar-refractivity contribution in [2.24, 2.45) is 17.2 Å². The molecule has 276 valence electrons. The maximum atomic E-state index is 13.2. The van der Waals surface area contributed by atoms with E-state index < -0.39 is 97.6 Å². The topological polar surface area (TPSA) is 382 Å². The van der Waals surface area contributed by atoms with Crippen molar-refractivity contribution in [1.82, 2.24) is 31.6 Å². The van der Waals surface area contributed by atoms with Crippen LogP contribution in [0.5, 0.6) is 0 Å². The van der Waals surface area contributed by atoms with Gasteiger partial charge < -0.3 is 69.3 Å². The summed E-state index contributed by atoms with van der Waals surface area (Å²) in [6.07, 6.45) is -3.84. The normalized spacial score (nSPS) is 15.3. The Labute approximate surface area is 275 Å². The molecule has 0 aliphatic carbocycles. The predicted octanol–water partition coefficient (Wildman–Crippen LogP) is -7.73. The van der Waals surface area contributed by atoms with Crippen molar-refractivity contribution in [2.45, 2.75) is 80.9 Å². The Hall–Kier alpha value is -4.03. The summed E-state index contributed by atoms with van der Waals surface area (Å²) in [5.74, 6) is -7.34. The molecule has 0 bridgehead atoms. The summed E-state index contributed by atoms with van der Waals surface area (Å²) in [7, 11) is 0. The lowest BCUT2D eigenvalue weighted by atomic mass is 10.1. The maximum absolute atomic E-state index is 13.2. The van der Waals surface area contributed by atoms with Crippen LogP contribution in [-0.2, 0) is 33.6 Å². The van der Waals surface area contributed by atoms with Crippen molar-refractivity contribution in [3.63, 3.8) is 0 Å². The van der Waals surface area contributed by atoms with Gasteiger partial charge in [-0.05, 0) is 45.2 Å². The lowest BCUT2D eigenvalue weighted by Crippen LogP contribution is -2.62. The van der Waals surface area contributed by atoms with Gasteiger partial charge in [0.05, 0.1) is 31.8 Å². The number of nitrogens with two attached hydrogens (primary N) is 3. The third-order valence-electron chi connectivity index (χ3n) is 6.74. The number of unbranched alkanes of at least 4 members (excludes halogenated alkanes) is 1. The smallest absolute Gasteiger partial charge is 0.335 e. The van der Waals surface area contributed by atoms with Crippen molar-refractivity contribution >= 4 is 41.9 Å². The highest BCUT2D eigenvalue weighted by molar-refractivity contribution is 5.97. The number of carbonyl (C=O) groups is 7. The van der Waals surface area contributed by atoms with Crippen molar-refractivity contribution in [3.05, 3.63) is 0 Å². The molecular weight excluding hydrogens is 646 g/mol. The molecule has 0 aromatic carbocycles. The molecule has 0 aromatic rings. The molecule has 6 amide bonds. The molecule has 0 aromatic heterocycles. The third kappa shape index (κ3) is 16.7. The minimum Gasteiger partial charge on any atom is -0.479 e. The second kappa shape index (κ2) is 24.2. The fraction of sp³-hybridized carbons (Fsp3) is 0.731. The summed E-state index contributed by atoms with van der Waals surface area (Å²) in [5, 5.41) is 68.7. The molecule has 0 saturated carbocycles. The quantitative estimate of drug-likeness (QED) is 0.0173. The SMILES string of the molecule is NCCCCNC(=O)[C@H](CCCN(O)C=O)NC(=O)[C@H](CCN)NC(=O)[C@@H](NC(=O)[C@H](CO)NC(=O)C[C@@H](O)[C@H](N)CO)[C@@H](O)C(=O)O. The average molecular weight is 696 g/mol. The minimum absolute atomic E-state index is 0.0546. The fourth-order valence-corrected chi connectivity index (χ4v) is 3.95. The van der Waals surface area contributed by atoms with E-state index in [0.717, 1.165) is 0 Å². The van der Waals surface area contributed by atoms with E-state index in [1.54, 1.807) is 0 Å². The number of nitrogens with zero attached hydrogens (tertiary/aromatic N) is 1. The lowest BCUT2D eigenvalue weighted by molar-refractivity contribution is -0.152. The lowest BCUT2D eigenvalue weighted by Gasteiger charge is -2.27. The first kappa shape index (κ1) is 44.0. The first-order valence-corrected chi connectivity index (χ1v) is 15.0. The highest BCUT2D eigenvalue weighted by Gasteiger charge is 2.37. The number of aliphatic carboxylic acids is 1. The van der Waals surface area contributed by atoms with Gasteiger partial charge in [-0.15, -0.1) is 0 Å². The van der Waals surface area contributed by atoms with Gasteiger partial charge in [-0.3, -0.25) is 34.0 Å². The monoisotopic (exact) mass is 695 g/mol. The molecule has 0 heterocycles. The molecule has 7 atom stereocenters. The van der Waals surface area contributed by atoms with Crippen LogP contribution >= 0.6 is 0 Å². The van der Waals surface area contributed by atoms with E-state index in [9.17, 15) is 59.2 Å². The zero-order valence-electron chi connectivity index (χ0n) is 26.3. The Balaban J connectivity index is 5.87. The van der Waals surface area contributed by atoms with Gasteiger partial charge in [-0.2, -0.15) is 0 Å². The number of hydrogen-bond acceptors (Lipinski definition) is 15. The van der Waals surface area contributed by atoms with E-state index >= 15 is 0 Å². The molecule has 0 aliphatic heterocycles. The Kier molecular flexibility index (Phi) is 22.1. The largest absolute Gasteiger partial charge is 0.479 e. The highest BCUT2D eigenvalue weighted by atomic mass is 16.5. The van der Waals surface area contributed by atoms with E-state index in [4.69, 9.17) is 22.3 Å². The average Bonchev–Trinajstić information content (AvgIpc) is 3.05. The van der Waals surface area contributed by atoms with E-state index in [1.165, 1.54) is 0 Å². The van der Waals surface area contributed by atoms with Crippen molar-refractivity contribution in [2.75, 3.05) is 39.4 Å². The van der Waals surface area contributed by atoms with Crippen molar-refractivity contribution in [3.8, 4) is 0 Å². The standard InChI is InChI=1S/C26H49N9O13/c27-6-1-2-8-30-22(42)15(4-3-9-35(48)13-38)32-23(43)16(5-7-28)33-25(45)20(21(41)26(46)47)34-24(44)17(12-37)31-19(40)10-18(39)14(29)11-36/h13-18,20-21,36-37,39,41,48H,1-12,27-29H2,(H,30,42)(H,31,40)(H,32,43)(H,33,45)(H,34,44)(H,46,47)/t14-,15+,16+,17+,18-,20+,21-/m1/s1. The van der Waals surface area contributed by atoms with E-state index in [-0.39, 0.29) is 45.3 Å². The molecule has 17 N–H and O–H groups in total. The number of nitrogens with one attached hydrogen (secondary N) is 5. The Morgan fingerprint density at radius 3 is 1.90 bits per heavy atom. The molecule has 0 rings (SSSR count). The molecule has 0 unspecified atom stereocenters. The second-order valence-electron chi connectivity index (χ2n) is 10.6. The van der Waals surface area contributed by atoms with Crippen LogP contribution < -0.4 is 43.8 Å². The van der Waals surface area contributed by atoms with Gasteiger partial charge in [0.1, 0.15) is 24.2 Å². The number of hydrogen-bond donors (Lipinski definition) is 14. The molecule has 0 fully saturated rings. The van der Waals surface area contributed by atoms with E-state index in [2.05, 4.69) is 16.0 Å². The zero-order valence-corrected chi connectivity index (χ0v) is 26.3. The molecule has 0 aliphatic rings. The summed E-state index contributed by atoms with van der Waals surface area (Å²) in [5.41, 5.74) is 16.4. The molecule has 0 radical (unpaired) electrons. The maximum Gasteiger partial charge on any atom is 0.335 e. The van der Waals surface area contributed by atoms with Crippen molar-refractivity contribution < 1.29 is 64.3 Å². The van der Waals surface area contributed by atoms with Gasteiger partial charge in [-0.1, -0.05) is 0 Å². The number of carboxylic acid groups (broad SMARTS) is 1. The van der Waals surface area contributed by atoms with Crippen LogP contribution in [0.25, 0.3) is 0 Å². The van der Waals surface area contributed by atoms with Crippen LogP contribution in [0, 0.1) is 0 Å². The van der Waals surface area contributed by atoms with Gasteiger partial charge in [0.15, 0.2) is 6.10 Å². The fourth-order valence-electron chi connectivity index (χ4n) is 3.95. The molecular formula is C26H49N9O13. The Bertz CT molecular complexity index is 1050. The number of rotatable bonds is 26. The number of carboxylic acids is 1. The van der Waals surface area contributed by atoms with Crippen molar-refractivity contribution in [1.29, 1.82) is 0 Å². The molecule has 22 heteroatoms. The molecule has 0 spiro atoms. The minimum atomic E-state index is -2.60. The van der Waals surface area contributed by atoms with Crippen LogP contribution in [0.15, 0.2) is 0 Å². The number of carbonyl (C=O) groups excluding carboxylic acids is 6. The number of amides is 6. The van der Waals surface area contributed by atoms with Gasteiger partial charge in [-0.25, -0.2) is 9.86 Å². The van der Waals surface area contributed by atoms with Gasteiger partial charge >= 0.3 is 5.97 Å². The van der Waals surface area contributed by atoms with Crippen LogP contribution in [0.2, 0.25) is 0 Å². The summed E-state index contributed by atoms with van der Waals surface area (Å²) in [4.78, 5) is 86.4. The van der Waals surface area contributed by atoms with E-state index in [0.29, 0.717) is 24.4 Å². The Morgan fingerprint density at radius 2 is 1.35 bits per heavy atom. The summed E-state index contributed by atoms with van der Waals surface area (Å²) in [6.45, 7) is -1.54. The predicted molar refractivity (Wildman–Crippen MR) is 163 cm³/mol. The molecule has 48 heavy (non-hydrogen) atoms. The van der Waals surface area contributed by atoms with Crippen LogP contribution in [0.3, 0.4) is 0 Å². The number of aliphatic hydroxyl groups is 4.